The molecule has 2 rings (SSSR count). The van der Waals surface area contributed by atoms with E-state index in [9.17, 15) is 17.9 Å². The lowest BCUT2D eigenvalue weighted by molar-refractivity contribution is 0.0724. The van der Waals surface area contributed by atoms with Crippen molar-refractivity contribution in [2.45, 2.75) is 36.7 Å². The summed E-state index contributed by atoms with van der Waals surface area (Å²) in [6.45, 7) is 0.135. The molecular formula is C13H17ClFNO3S. The molecule has 1 aromatic rings. The molecule has 20 heavy (non-hydrogen) atoms. The van der Waals surface area contributed by atoms with Gasteiger partial charge in [-0.2, -0.15) is 0 Å². The maximum atomic E-state index is 13.1. The molecule has 1 saturated carbocycles. The highest BCUT2D eigenvalue weighted by Crippen LogP contribution is 2.25. The number of aliphatic hydroxyl groups excluding tert-OH is 1. The molecule has 2 N–H and O–H groups in total. The first-order chi connectivity index (χ1) is 9.40. The van der Waals surface area contributed by atoms with Crippen LogP contribution in [0.5, 0.6) is 0 Å². The van der Waals surface area contributed by atoms with Gasteiger partial charge in [0.2, 0.25) is 10.0 Å². The molecule has 112 valence electrons. The lowest BCUT2D eigenvalue weighted by Crippen LogP contribution is -2.36. The minimum absolute atomic E-state index is 0.0249. The molecule has 0 saturated heterocycles. The van der Waals surface area contributed by atoms with Gasteiger partial charge in [0.15, 0.2) is 0 Å². The van der Waals surface area contributed by atoms with Crippen molar-refractivity contribution in [2.24, 2.45) is 5.92 Å². The van der Waals surface area contributed by atoms with Crippen LogP contribution < -0.4 is 4.72 Å². The van der Waals surface area contributed by atoms with Crippen molar-refractivity contribution in [3.63, 3.8) is 0 Å². The van der Waals surface area contributed by atoms with Crippen LogP contribution in [0.15, 0.2) is 23.1 Å². The van der Waals surface area contributed by atoms with Crippen molar-refractivity contribution in [3.05, 3.63) is 29.0 Å². The topological polar surface area (TPSA) is 66.4 Å². The van der Waals surface area contributed by atoms with Crippen molar-refractivity contribution in [1.82, 2.24) is 4.72 Å². The van der Waals surface area contributed by atoms with Gasteiger partial charge in [0, 0.05) is 6.54 Å². The standard InChI is InChI=1S/C13H17ClFNO3S/c14-11-6-5-10(15)7-13(11)20(18,19)16-8-9-3-1-2-4-12(9)17/h5-7,9,12,16-17H,1-4,8H2. The number of rotatable bonds is 4. The molecule has 0 heterocycles. The normalized spacial score (nSPS) is 23.8. The van der Waals surface area contributed by atoms with Crippen LogP contribution in [0, 0.1) is 11.7 Å². The van der Waals surface area contributed by atoms with Crippen molar-refractivity contribution >= 4 is 21.6 Å². The molecule has 0 spiro atoms. The summed E-state index contributed by atoms with van der Waals surface area (Å²) in [5.41, 5.74) is 0. The molecule has 2 atom stereocenters. The molecule has 7 heteroatoms. The molecule has 2 unspecified atom stereocenters. The molecule has 1 aliphatic carbocycles. The summed E-state index contributed by atoms with van der Waals surface area (Å²) in [4.78, 5) is -0.274. The van der Waals surface area contributed by atoms with Gasteiger partial charge < -0.3 is 5.11 Å². The molecule has 0 radical (unpaired) electrons. The molecule has 0 aromatic heterocycles. The van der Waals surface area contributed by atoms with E-state index in [1.165, 1.54) is 6.07 Å². The highest BCUT2D eigenvalue weighted by molar-refractivity contribution is 7.89. The van der Waals surface area contributed by atoms with E-state index in [0.717, 1.165) is 31.4 Å². The van der Waals surface area contributed by atoms with E-state index in [1.807, 2.05) is 0 Å². The van der Waals surface area contributed by atoms with E-state index >= 15 is 0 Å². The average molecular weight is 322 g/mol. The Morgan fingerprint density at radius 2 is 2.05 bits per heavy atom. The van der Waals surface area contributed by atoms with Crippen molar-refractivity contribution in [2.75, 3.05) is 6.54 Å². The largest absolute Gasteiger partial charge is 0.393 e. The zero-order valence-electron chi connectivity index (χ0n) is 10.9. The third-order valence-corrected chi connectivity index (χ3v) is 5.49. The molecular weight excluding hydrogens is 305 g/mol. The Morgan fingerprint density at radius 3 is 2.75 bits per heavy atom. The number of nitrogens with one attached hydrogen (secondary N) is 1. The summed E-state index contributed by atoms with van der Waals surface area (Å²) >= 11 is 5.80. The van der Waals surface area contributed by atoms with Gasteiger partial charge in [-0.1, -0.05) is 24.4 Å². The van der Waals surface area contributed by atoms with Gasteiger partial charge in [0.1, 0.15) is 10.7 Å². The zero-order valence-corrected chi connectivity index (χ0v) is 12.4. The smallest absolute Gasteiger partial charge is 0.242 e. The Labute approximate surface area is 123 Å². The predicted molar refractivity (Wildman–Crippen MR) is 74.6 cm³/mol. The van der Waals surface area contributed by atoms with E-state index in [4.69, 9.17) is 11.6 Å². The second-order valence-electron chi connectivity index (χ2n) is 5.04. The van der Waals surface area contributed by atoms with Gasteiger partial charge in [0.05, 0.1) is 11.1 Å². The Bertz CT molecular complexity index is 579. The molecule has 0 bridgehead atoms. The van der Waals surface area contributed by atoms with Gasteiger partial charge >= 0.3 is 0 Å². The fourth-order valence-corrected chi connectivity index (χ4v) is 4.01. The second kappa shape index (κ2) is 6.39. The van der Waals surface area contributed by atoms with Crippen LogP contribution in [0.2, 0.25) is 5.02 Å². The monoisotopic (exact) mass is 321 g/mol. The first-order valence-corrected chi connectivity index (χ1v) is 8.39. The number of hydrogen-bond donors (Lipinski definition) is 2. The van der Waals surface area contributed by atoms with Gasteiger partial charge in [-0.25, -0.2) is 17.5 Å². The summed E-state index contributed by atoms with van der Waals surface area (Å²) in [5, 5.41) is 9.79. The molecule has 0 amide bonds. The third kappa shape index (κ3) is 3.69. The Kier molecular flexibility index (Phi) is 5.01. The molecule has 1 aliphatic rings. The molecule has 1 aromatic carbocycles. The first-order valence-electron chi connectivity index (χ1n) is 6.53. The van der Waals surface area contributed by atoms with Crippen LogP contribution in [0.4, 0.5) is 4.39 Å². The number of sulfonamides is 1. The quantitative estimate of drug-likeness (QED) is 0.894. The summed E-state index contributed by atoms with van der Waals surface area (Å²) in [6.07, 6.45) is 2.91. The lowest BCUT2D eigenvalue weighted by atomic mass is 9.87. The summed E-state index contributed by atoms with van der Waals surface area (Å²) in [5.74, 6) is -0.765. The number of aliphatic hydroxyl groups is 1. The minimum Gasteiger partial charge on any atom is -0.393 e. The zero-order chi connectivity index (χ0) is 14.8. The molecule has 1 fully saturated rings. The van der Waals surface area contributed by atoms with E-state index < -0.39 is 21.9 Å². The van der Waals surface area contributed by atoms with Gasteiger partial charge in [-0.3, -0.25) is 0 Å². The van der Waals surface area contributed by atoms with Crippen molar-refractivity contribution in [3.8, 4) is 0 Å². The van der Waals surface area contributed by atoms with E-state index in [2.05, 4.69) is 4.72 Å². The molecule has 0 aliphatic heterocycles. The van der Waals surface area contributed by atoms with Crippen molar-refractivity contribution in [1.29, 1.82) is 0 Å². The predicted octanol–water partition coefficient (Wildman–Crippen LogP) is 2.31. The summed E-state index contributed by atoms with van der Waals surface area (Å²) in [6, 6.07) is 3.20. The maximum absolute atomic E-state index is 13.1. The summed E-state index contributed by atoms with van der Waals surface area (Å²) in [7, 11) is -3.87. The highest BCUT2D eigenvalue weighted by atomic mass is 35.5. The van der Waals surface area contributed by atoms with Gasteiger partial charge in [-0.15, -0.1) is 0 Å². The van der Waals surface area contributed by atoms with Crippen LogP contribution >= 0.6 is 11.6 Å². The second-order valence-corrected chi connectivity index (χ2v) is 7.18. The Hall–Kier alpha value is -0.690. The maximum Gasteiger partial charge on any atom is 0.242 e. The third-order valence-electron chi connectivity index (χ3n) is 3.59. The average Bonchev–Trinajstić information content (AvgIpc) is 2.40. The van der Waals surface area contributed by atoms with E-state index in [1.54, 1.807) is 0 Å². The molecule has 4 nitrogen and oxygen atoms in total. The number of hydrogen-bond acceptors (Lipinski definition) is 3. The fraction of sp³-hybridized carbons (Fsp3) is 0.538. The van der Waals surface area contributed by atoms with Gasteiger partial charge in [-0.05, 0) is 37.0 Å². The summed E-state index contributed by atoms with van der Waals surface area (Å²) < 4.78 is 39.8. The van der Waals surface area contributed by atoms with Crippen LogP contribution in [0.25, 0.3) is 0 Å². The van der Waals surface area contributed by atoms with Crippen molar-refractivity contribution < 1.29 is 17.9 Å². The van der Waals surface area contributed by atoms with Crippen LogP contribution in [0.3, 0.4) is 0 Å². The van der Waals surface area contributed by atoms with Crippen LogP contribution in [-0.4, -0.2) is 26.2 Å². The fourth-order valence-electron chi connectivity index (χ4n) is 2.40. The number of halogens is 2. The van der Waals surface area contributed by atoms with E-state index in [-0.39, 0.29) is 22.4 Å². The Balaban J connectivity index is 2.09. The minimum atomic E-state index is -3.87. The first kappa shape index (κ1) is 15.7. The highest BCUT2D eigenvalue weighted by Gasteiger charge is 2.26. The Morgan fingerprint density at radius 1 is 1.35 bits per heavy atom. The lowest BCUT2D eigenvalue weighted by Gasteiger charge is -2.27. The van der Waals surface area contributed by atoms with Crippen LogP contribution in [-0.2, 0) is 10.0 Å². The number of benzene rings is 1. The van der Waals surface area contributed by atoms with Crippen LogP contribution in [0.1, 0.15) is 25.7 Å². The van der Waals surface area contributed by atoms with Gasteiger partial charge in [0.25, 0.3) is 0 Å². The SMILES string of the molecule is O=S(=O)(NCC1CCCCC1O)c1cc(F)ccc1Cl. The van der Waals surface area contributed by atoms with E-state index in [0.29, 0.717) is 6.42 Å².